The summed E-state index contributed by atoms with van der Waals surface area (Å²) in [6.45, 7) is 5.19. The van der Waals surface area contributed by atoms with E-state index in [1.165, 1.54) is 25.2 Å². The molecule has 130 valence electrons. The predicted octanol–water partition coefficient (Wildman–Crippen LogP) is 0.754. The molecule has 9 heteroatoms. The van der Waals surface area contributed by atoms with Crippen LogP contribution in [0.5, 0.6) is 0 Å². The van der Waals surface area contributed by atoms with Crippen molar-refractivity contribution in [2.24, 2.45) is 0 Å². The summed E-state index contributed by atoms with van der Waals surface area (Å²) >= 11 is 0.00849. The highest BCUT2D eigenvalue weighted by molar-refractivity contribution is 6.27. The maximum Gasteiger partial charge on any atom is 0.435 e. The van der Waals surface area contributed by atoms with Gasteiger partial charge in [-0.2, -0.15) is 0 Å². The van der Waals surface area contributed by atoms with Gasteiger partial charge in [0, 0.05) is 27.2 Å². The molecule has 2 N–H and O–H groups in total. The lowest BCUT2D eigenvalue weighted by molar-refractivity contribution is -0.185. The van der Waals surface area contributed by atoms with Crippen LogP contribution in [-0.4, -0.2) is 77.5 Å². The molecule has 8 nitrogen and oxygen atoms in total. The number of carbonyl (C=O) groups is 2. The highest BCUT2D eigenvalue weighted by Gasteiger charge is 2.15. The third-order valence-electron chi connectivity index (χ3n) is 2.19. The van der Waals surface area contributed by atoms with Gasteiger partial charge in [0.1, 0.15) is 0 Å². The average Bonchev–Trinajstić information content (AvgIpc) is 2.49. The second-order valence-corrected chi connectivity index (χ2v) is 5.69. The molecule has 0 aliphatic carbocycles. The van der Waals surface area contributed by atoms with E-state index in [1.807, 2.05) is 6.92 Å². The molecule has 0 aromatic carbocycles. The van der Waals surface area contributed by atoms with E-state index in [0.717, 1.165) is 13.5 Å². The molecule has 0 spiro atoms. The normalized spacial score (nSPS) is 14.3. The van der Waals surface area contributed by atoms with Crippen LogP contribution in [0.15, 0.2) is 0 Å². The third kappa shape index (κ3) is 21.6. The molecule has 0 bridgehead atoms. The van der Waals surface area contributed by atoms with E-state index in [-0.39, 0.29) is 22.2 Å². The molecule has 1 unspecified atom stereocenters. The quantitative estimate of drug-likeness (QED) is 0.397. The molecular weight excluding hydrogens is 311 g/mol. The molecule has 0 aromatic rings. The minimum atomic E-state index is -1.19. The molecule has 0 radical (unpaired) electrons. The van der Waals surface area contributed by atoms with Gasteiger partial charge >= 0.3 is 21.5 Å². The summed E-state index contributed by atoms with van der Waals surface area (Å²) in [5.74, 6) is -1.96. The second-order valence-electron chi connectivity index (χ2n) is 4.17. The van der Waals surface area contributed by atoms with Gasteiger partial charge in [0.25, 0.3) is 12.3 Å². The van der Waals surface area contributed by atoms with E-state index in [2.05, 4.69) is 4.74 Å². The van der Waals surface area contributed by atoms with Gasteiger partial charge in [-0.3, -0.25) is 4.79 Å². The van der Waals surface area contributed by atoms with Gasteiger partial charge in [-0.15, -0.1) is 0 Å². The molecule has 22 heavy (non-hydrogen) atoms. The third-order valence-corrected chi connectivity index (χ3v) is 3.56. The molecule has 1 aliphatic rings. The van der Waals surface area contributed by atoms with Crippen LogP contribution < -0.4 is 0 Å². The molecule has 1 fully saturated rings. The van der Waals surface area contributed by atoms with E-state index in [9.17, 15) is 4.79 Å². The summed E-state index contributed by atoms with van der Waals surface area (Å²) in [4.78, 5) is 19.3. The fraction of sp³-hybridized carbons (Fsp3) is 0.846. The topological polar surface area (TPSA) is 112 Å². The molecule has 0 aromatic heterocycles. The molecular formula is C13H27AlO8. The Hall–Kier alpha value is -0.688. The number of carboxylic acid groups (broad SMARTS) is 2. The van der Waals surface area contributed by atoms with Crippen molar-refractivity contribution in [2.45, 2.75) is 38.3 Å². The van der Waals surface area contributed by atoms with Gasteiger partial charge in [0.15, 0.2) is 0 Å². The van der Waals surface area contributed by atoms with Crippen LogP contribution in [0.25, 0.3) is 0 Å². The molecule has 0 saturated carbocycles. The van der Waals surface area contributed by atoms with Crippen LogP contribution in [0.3, 0.4) is 0 Å². The lowest BCUT2D eigenvalue weighted by Crippen LogP contribution is -2.27. The van der Waals surface area contributed by atoms with Crippen molar-refractivity contribution in [3.05, 3.63) is 0 Å². The summed E-state index contributed by atoms with van der Waals surface area (Å²) in [7, 11) is 1.28. The molecule has 1 aliphatic heterocycles. The Morgan fingerprint density at radius 2 is 1.91 bits per heavy atom. The van der Waals surface area contributed by atoms with Crippen molar-refractivity contribution < 1.29 is 37.8 Å². The fourth-order valence-corrected chi connectivity index (χ4v) is 2.46. The number of carboxylic acids is 2. The van der Waals surface area contributed by atoms with Crippen LogP contribution in [0, 0.1) is 0 Å². The van der Waals surface area contributed by atoms with Gasteiger partial charge < -0.3 is 28.2 Å². The second kappa shape index (κ2) is 18.4. The zero-order chi connectivity index (χ0) is 17.2. The summed E-state index contributed by atoms with van der Waals surface area (Å²) in [5, 5.41) is 17.3. The number of hydrogen-bond acceptors (Lipinski definition) is 6. The van der Waals surface area contributed by atoms with E-state index in [4.69, 9.17) is 28.3 Å². The summed E-state index contributed by atoms with van der Waals surface area (Å²) in [6.07, 6.45) is 1.56. The fourth-order valence-electron chi connectivity index (χ4n) is 1.29. The summed E-state index contributed by atoms with van der Waals surface area (Å²) < 4.78 is 19.5. The largest absolute Gasteiger partial charge is 0.503 e. The first-order chi connectivity index (χ1) is 10.5. The first kappa shape index (κ1) is 23.6. The minimum absolute atomic E-state index is 0.00849. The van der Waals surface area contributed by atoms with Crippen molar-refractivity contribution >= 4 is 27.5 Å². The van der Waals surface area contributed by atoms with Crippen LogP contribution in [0.4, 0.5) is 0 Å². The van der Waals surface area contributed by atoms with Gasteiger partial charge in [-0.05, 0) is 13.3 Å². The lowest BCUT2D eigenvalue weighted by atomic mass is 10.4. The number of ether oxygens (including phenoxy) is 3. The van der Waals surface area contributed by atoms with Crippen LogP contribution >= 0.6 is 0 Å². The van der Waals surface area contributed by atoms with E-state index in [1.54, 1.807) is 0 Å². The number of methoxy groups -OCH3 is 1. The van der Waals surface area contributed by atoms with Crippen LogP contribution in [0.1, 0.15) is 26.7 Å². The molecule has 1 heterocycles. The molecule has 1 atom stereocenters. The lowest BCUT2D eigenvalue weighted by Gasteiger charge is -2.10. The smallest absolute Gasteiger partial charge is 0.435 e. The Balaban J connectivity index is 0. The number of hydrogen-bond donors (Lipinski definition) is 2. The van der Waals surface area contributed by atoms with Crippen molar-refractivity contribution in [3.63, 3.8) is 0 Å². The Bertz CT molecular complexity index is 255. The molecule has 1 rings (SSSR count). The van der Waals surface area contributed by atoms with Crippen LogP contribution in [0.2, 0.25) is 5.28 Å². The van der Waals surface area contributed by atoms with Gasteiger partial charge in [0.2, 0.25) is 0 Å². The highest BCUT2D eigenvalue weighted by Crippen LogP contribution is 2.01. The molecule has 0 amide bonds. The van der Waals surface area contributed by atoms with Gasteiger partial charge in [-0.1, -0.05) is 11.7 Å². The number of rotatable bonds is 7. The van der Waals surface area contributed by atoms with E-state index >= 15 is 0 Å². The maximum absolute atomic E-state index is 10.3. The molecule has 1 saturated heterocycles. The SMILES string of the molecule is C1C[CH2][AlH][O]C1.CC(=O)O.CCOCCOC(OC)C(=O)O. The summed E-state index contributed by atoms with van der Waals surface area (Å²) in [6, 6.07) is 0. The van der Waals surface area contributed by atoms with Crippen molar-refractivity contribution in [1.82, 2.24) is 0 Å². The van der Waals surface area contributed by atoms with Crippen LogP contribution in [-0.2, 0) is 27.6 Å². The standard InChI is InChI=1S/C7H14O5.C4H8O.C2H4O2.Al.H/c1-3-11-4-5-12-7(10-2)6(8)9;1-2-3-4-5;1-2(3)4;;/h7H,3-5H2,1-2H3,(H,8,9);1-4H2;1H3,(H,3,4);;/q;-1;;+1;. The Labute approximate surface area is 137 Å². The Morgan fingerprint density at radius 1 is 1.27 bits per heavy atom. The van der Waals surface area contributed by atoms with E-state index in [0.29, 0.717) is 13.2 Å². The van der Waals surface area contributed by atoms with Gasteiger partial charge in [0.05, 0.1) is 13.2 Å². The Morgan fingerprint density at radius 3 is 2.18 bits per heavy atom. The predicted molar refractivity (Wildman–Crippen MR) is 81.3 cm³/mol. The van der Waals surface area contributed by atoms with Crippen molar-refractivity contribution in [1.29, 1.82) is 0 Å². The first-order valence-corrected chi connectivity index (χ1v) is 8.75. The summed E-state index contributed by atoms with van der Waals surface area (Å²) in [5.41, 5.74) is 0. The van der Waals surface area contributed by atoms with Crippen molar-refractivity contribution in [2.75, 3.05) is 33.5 Å². The average molecular weight is 338 g/mol. The highest BCUT2D eigenvalue weighted by atomic mass is 27.1. The Kier molecular flexibility index (Phi) is 19.7. The maximum atomic E-state index is 10.3. The zero-order valence-electron chi connectivity index (χ0n) is 13.6. The van der Waals surface area contributed by atoms with Crippen molar-refractivity contribution in [3.8, 4) is 0 Å². The monoisotopic (exact) mass is 338 g/mol. The minimum Gasteiger partial charge on any atom is -0.503 e. The number of aliphatic carboxylic acids is 2. The van der Waals surface area contributed by atoms with E-state index < -0.39 is 18.2 Å². The van der Waals surface area contributed by atoms with Gasteiger partial charge in [-0.25, -0.2) is 4.79 Å². The zero-order valence-corrected chi connectivity index (χ0v) is 15.0. The first-order valence-electron chi connectivity index (χ1n) is 7.17.